The minimum absolute atomic E-state index is 0.0314. The fourth-order valence-corrected chi connectivity index (χ4v) is 5.75. The van der Waals surface area contributed by atoms with E-state index in [1.54, 1.807) is 0 Å². The monoisotopic (exact) mass is 543 g/mol. The van der Waals surface area contributed by atoms with Crippen molar-refractivity contribution in [2.45, 2.75) is 31.6 Å². The van der Waals surface area contributed by atoms with Crippen molar-refractivity contribution in [1.29, 1.82) is 0 Å². The molecule has 2 heterocycles. The van der Waals surface area contributed by atoms with E-state index in [0.29, 0.717) is 16.7 Å². The maximum absolute atomic E-state index is 15.0. The van der Waals surface area contributed by atoms with E-state index in [4.69, 9.17) is 0 Å². The third-order valence-corrected chi connectivity index (χ3v) is 7.73. The molecule has 1 aliphatic rings. The number of hydrogen-bond acceptors (Lipinski definition) is 5. The number of nitro benzene ring substituents is 1. The van der Waals surface area contributed by atoms with E-state index in [1.165, 1.54) is 50.3 Å². The number of non-ortho nitro benzene ring substituents is 1. The summed E-state index contributed by atoms with van der Waals surface area (Å²) in [5.41, 5.74) is -3.53. The van der Waals surface area contributed by atoms with Gasteiger partial charge in [0.25, 0.3) is 5.69 Å². The van der Waals surface area contributed by atoms with Gasteiger partial charge in [0.15, 0.2) is 6.29 Å². The number of carbonyl (C=O) groups is 1. The second-order valence-corrected chi connectivity index (χ2v) is 10.6. The van der Waals surface area contributed by atoms with Crippen LogP contribution in [0.5, 0.6) is 0 Å². The van der Waals surface area contributed by atoms with Gasteiger partial charge in [0.05, 0.1) is 9.80 Å². The molecule has 0 fully saturated rings. The topological polar surface area (TPSA) is 60.2 Å². The molecule has 0 bridgehead atoms. The van der Waals surface area contributed by atoms with Crippen LogP contribution in [0.15, 0.2) is 36.4 Å². The molecule has 0 aliphatic heterocycles. The van der Waals surface area contributed by atoms with Crippen molar-refractivity contribution in [3.63, 3.8) is 0 Å². The molecule has 12 heteroatoms. The summed E-state index contributed by atoms with van der Waals surface area (Å²) in [6, 6.07) is 7.49. The number of carbonyl (C=O) groups excluding carboxylic acids is 1. The largest absolute Gasteiger partial charge is 0.380 e. The van der Waals surface area contributed by atoms with Crippen molar-refractivity contribution in [3.8, 4) is 0 Å². The highest BCUT2D eigenvalue weighted by Gasteiger charge is 2.80. The third kappa shape index (κ3) is 3.88. The maximum atomic E-state index is 15.0. The first-order chi connectivity index (χ1) is 16.7. The van der Waals surface area contributed by atoms with Crippen molar-refractivity contribution in [1.82, 2.24) is 0 Å². The molecular formula is C24H15F6NO3S2. The minimum atomic E-state index is -5.69. The molecular weight excluding hydrogens is 528 g/mol. The summed E-state index contributed by atoms with van der Waals surface area (Å²) in [6.07, 6.45) is 3.32. The number of aryl methyl sites for hydroxylation is 2. The van der Waals surface area contributed by atoms with Crippen LogP contribution in [0.1, 0.15) is 41.0 Å². The summed E-state index contributed by atoms with van der Waals surface area (Å²) in [6.45, 7) is 2.65. The summed E-state index contributed by atoms with van der Waals surface area (Å²) in [4.78, 5) is 21.7. The van der Waals surface area contributed by atoms with Gasteiger partial charge in [-0.2, -0.15) is 26.3 Å². The summed E-state index contributed by atoms with van der Waals surface area (Å²) in [5, 5.41) is 10.8. The number of halogens is 6. The Bertz CT molecular complexity index is 1430. The summed E-state index contributed by atoms with van der Waals surface area (Å²) < 4.78 is 89.1. The van der Waals surface area contributed by atoms with Gasteiger partial charge in [-0.05, 0) is 60.9 Å². The second kappa shape index (κ2) is 8.70. The first-order valence-electron chi connectivity index (χ1n) is 10.2. The van der Waals surface area contributed by atoms with E-state index in [9.17, 15) is 32.5 Å². The summed E-state index contributed by atoms with van der Waals surface area (Å²) >= 11 is 1.68. The van der Waals surface area contributed by atoms with Crippen LogP contribution >= 0.6 is 22.7 Å². The Morgan fingerprint density at radius 2 is 1.28 bits per heavy atom. The molecule has 188 valence electrons. The van der Waals surface area contributed by atoms with Crippen molar-refractivity contribution >= 4 is 57.9 Å². The van der Waals surface area contributed by atoms with Gasteiger partial charge >= 0.3 is 17.8 Å². The normalized spacial score (nSPS) is 18.2. The lowest BCUT2D eigenvalue weighted by atomic mass is 9.95. The Balaban J connectivity index is 1.86. The molecule has 0 amide bonds. The predicted molar refractivity (Wildman–Crippen MR) is 127 cm³/mol. The fraction of sp³-hybridized carbons (Fsp3) is 0.208. The number of hydrogen-bond donors (Lipinski definition) is 0. The van der Waals surface area contributed by atoms with E-state index in [0.717, 1.165) is 34.8 Å². The van der Waals surface area contributed by atoms with Crippen molar-refractivity contribution in [3.05, 3.63) is 82.7 Å². The average molecular weight is 544 g/mol. The Labute approximate surface area is 208 Å². The predicted octanol–water partition coefficient (Wildman–Crippen LogP) is 8.15. The van der Waals surface area contributed by atoms with Crippen LogP contribution in [0.3, 0.4) is 0 Å². The van der Waals surface area contributed by atoms with Gasteiger partial charge in [0.2, 0.25) is 0 Å². The van der Waals surface area contributed by atoms with Gasteiger partial charge in [0, 0.05) is 37.9 Å². The number of benzene rings is 1. The van der Waals surface area contributed by atoms with Crippen LogP contribution < -0.4 is 0 Å². The molecule has 4 nitrogen and oxygen atoms in total. The van der Waals surface area contributed by atoms with E-state index in [-0.39, 0.29) is 20.3 Å². The summed E-state index contributed by atoms with van der Waals surface area (Å²) in [5.74, 6) is -16.1. The molecule has 0 unspecified atom stereocenters. The van der Waals surface area contributed by atoms with Crippen molar-refractivity contribution in [2.75, 3.05) is 0 Å². The average Bonchev–Trinajstić information content (AvgIpc) is 3.39. The number of nitro groups is 1. The van der Waals surface area contributed by atoms with Gasteiger partial charge in [0.1, 0.15) is 0 Å². The third-order valence-electron chi connectivity index (χ3n) is 5.74. The zero-order valence-corrected chi connectivity index (χ0v) is 20.1. The van der Waals surface area contributed by atoms with Gasteiger partial charge in [-0.25, -0.2) is 0 Å². The highest BCUT2D eigenvalue weighted by atomic mass is 32.1. The molecule has 3 aromatic rings. The molecule has 1 aliphatic carbocycles. The van der Waals surface area contributed by atoms with Crippen molar-refractivity contribution in [2.24, 2.45) is 0 Å². The zero-order chi connectivity index (χ0) is 26.6. The van der Waals surface area contributed by atoms with Crippen LogP contribution in [-0.2, 0) is 0 Å². The number of allylic oxidation sites excluding steroid dienone is 2. The van der Waals surface area contributed by atoms with Crippen molar-refractivity contribution < 1.29 is 36.1 Å². The fourth-order valence-electron chi connectivity index (χ4n) is 3.97. The van der Waals surface area contributed by atoms with Crippen LogP contribution in [0, 0.1) is 24.0 Å². The highest BCUT2D eigenvalue weighted by molar-refractivity contribution is 7.14. The Morgan fingerprint density at radius 1 is 0.806 bits per heavy atom. The molecule has 0 spiro atoms. The molecule has 2 aromatic heterocycles. The maximum Gasteiger partial charge on any atom is 0.380 e. The van der Waals surface area contributed by atoms with E-state index >= 15 is 8.78 Å². The Morgan fingerprint density at radius 3 is 1.72 bits per heavy atom. The molecule has 0 atom stereocenters. The molecule has 36 heavy (non-hydrogen) atoms. The van der Waals surface area contributed by atoms with E-state index in [1.807, 2.05) is 0 Å². The van der Waals surface area contributed by atoms with E-state index in [2.05, 4.69) is 0 Å². The number of alkyl halides is 6. The van der Waals surface area contributed by atoms with Crippen LogP contribution in [0.2, 0.25) is 0 Å². The van der Waals surface area contributed by atoms with Crippen LogP contribution in [-0.4, -0.2) is 29.0 Å². The standard InChI is InChI=1S/C24H15F6NO3S2/c1-12-18(9-16(35-12)8-5-14-3-6-15(7-4-14)31(33)34)20-21(19-10-17(11-32)36-13(19)2)23(27,28)24(29,30)22(20,25)26/h3-11H,1-2H3. The molecule has 4 rings (SSSR count). The number of thiophene rings is 2. The van der Waals surface area contributed by atoms with Gasteiger partial charge in [-0.15, -0.1) is 22.7 Å². The lowest BCUT2D eigenvalue weighted by Gasteiger charge is -2.25. The lowest BCUT2D eigenvalue weighted by molar-refractivity contribution is -0.384. The Kier molecular flexibility index (Phi) is 6.24. The summed E-state index contributed by atoms with van der Waals surface area (Å²) in [7, 11) is 0. The molecule has 0 N–H and O–H groups in total. The van der Waals surface area contributed by atoms with E-state index < -0.39 is 45.0 Å². The molecule has 0 saturated carbocycles. The van der Waals surface area contributed by atoms with Gasteiger partial charge < -0.3 is 0 Å². The van der Waals surface area contributed by atoms with Crippen LogP contribution in [0.25, 0.3) is 23.3 Å². The molecule has 0 saturated heterocycles. The Hall–Kier alpha value is -3.25. The molecule has 0 radical (unpaired) electrons. The number of aldehydes is 1. The minimum Gasteiger partial charge on any atom is -0.297 e. The quantitative estimate of drug-likeness (QED) is 0.136. The number of rotatable bonds is 6. The first kappa shape index (κ1) is 25.8. The number of nitrogens with zero attached hydrogens (tertiary/aromatic N) is 1. The lowest BCUT2D eigenvalue weighted by Crippen LogP contribution is -2.48. The highest BCUT2D eigenvalue weighted by Crippen LogP contribution is 2.65. The molecule has 1 aromatic carbocycles. The zero-order valence-electron chi connectivity index (χ0n) is 18.5. The SMILES string of the molecule is Cc1sc(C=O)cc1C1=C(c2cc(C=Cc3ccc([N+](=O)[O-])cc3)sc2C)C(F)(F)C(F)(F)C1(F)F. The second-order valence-electron chi connectivity index (χ2n) is 8.01. The van der Waals surface area contributed by atoms with Gasteiger partial charge in [-0.1, -0.05) is 6.08 Å². The van der Waals surface area contributed by atoms with Crippen LogP contribution in [0.4, 0.5) is 32.0 Å². The first-order valence-corrected chi connectivity index (χ1v) is 11.8. The van der Waals surface area contributed by atoms with Gasteiger partial charge in [-0.3, -0.25) is 14.9 Å². The smallest absolute Gasteiger partial charge is 0.297 e.